The summed E-state index contributed by atoms with van der Waals surface area (Å²) in [5.74, 6) is -0.391. The molecule has 0 radical (unpaired) electrons. The maximum absolute atomic E-state index is 12.4. The van der Waals surface area contributed by atoms with Crippen LogP contribution in [-0.2, 0) is 9.59 Å². The summed E-state index contributed by atoms with van der Waals surface area (Å²) in [6, 6.07) is 0.0786. The second-order valence-electron chi connectivity index (χ2n) is 6.68. The maximum atomic E-state index is 12.4. The van der Waals surface area contributed by atoms with Crippen LogP contribution in [0.3, 0.4) is 0 Å². The molecule has 2 rings (SSSR count). The van der Waals surface area contributed by atoms with Crippen LogP contribution in [0.15, 0.2) is 0 Å². The molecule has 1 aliphatic heterocycles. The van der Waals surface area contributed by atoms with Crippen molar-refractivity contribution in [1.29, 1.82) is 0 Å². The van der Waals surface area contributed by atoms with Gasteiger partial charge in [0.1, 0.15) is 0 Å². The van der Waals surface area contributed by atoms with Gasteiger partial charge in [-0.3, -0.25) is 9.59 Å². The third-order valence-electron chi connectivity index (χ3n) is 5.37. The second-order valence-corrected chi connectivity index (χ2v) is 6.68. The number of carboxylic acids is 1. The maximum Gasteiger partial charge on any atom is 0.308 e. The van der Waals surface area contributed by atoms with E-state index >= 15 is 0 Å². The molecule has 114 valence electrons. The summed E-state index contributed by atoms with van der Waals surface area (Å²) in [6.07, 6.45) is 6.04. The lowest BCUT2D eigenvalue weighted by Gasteiger charge is -2.47. The number of carbonyl (C=O) groups is 2. The van der Waals surface area contributed by atoms with E-state index in [-0.39, 0.29) is 23.9 Å². The van der Waals surface area contributed by atoms with Gasteiger partial charge >= 0.3 is 5.97 Å². The fourth-order valence-corrected chi connectivity index (χ4v) is 4.26. The first kappa shape index (κ1) is 15.3. The van der Waals surface area contributed by atoms with Gasteiger partial charge in [0.05, 0.1) is 5.92 Å². The van der Waals surface area contributed by atoms with E-state index in [1.165, 1.54) is 6.42 Å². The van der Waals surface area contributed by atoms with Gasteiger partial charge in [0.2, 0.25) is 5.91 Å². The van der Waals surface area contributed by atoms with Crippen LogP contribution < -0.4 is 0 Å². The molecular weight excluding hydrogens is 254 g/mol. The molecule has 1 saturated carbocycles. The third kappa shape index (κ3) is 2.84. The van der Waals surface area contributed by atoms with Gasteiger partial charge in [-0.25, -0.2) is 0 Å². The van der Waals surface area contributed by atoms with Crippen LogP contribution >= 0.6 is 0 Å². The first-order chi connectivity index (χ1) is 9.45. The predicted molar refractivity (Wildman–Crippen MR) is 77.3 cm³/mol. The predicted octanol–water partition coefficient (Wildman–Crippen LogP) is 2.91. The van der Waals surface area contributed by atoms with Crippen molar-refractivity contribution in [2.45, 2.75) is 71.4 Å². The highest BCUT2D eigenvalue weighted by Crippen LogP contribution is 2.37. The van der Waals surface area contributed by atoms with Crippen molar-refractivity contribution in [2.75, 3.05) is 0 Å². The molecule has 4 heteroatoms. The summed E-state index contributed by atoms with van der Waals surface area (Å²) in [5, 5.41) is 9.44. The molecular formula is C16H27NO3. The summed E-state index contributed by atoms with van der Waals surface area (Å²) in [6.45, 7) is 6.01. The largest absolute Gasteiger partial charge is 0.481 e. The molecule has 0 spiro atoms. The van der Waals surface area contributed by atoms with E-state index in [1.54, 1.807) is 0 Å². The number of rotatable bonds is 3. The number of aliphatic carboxylic acids is 1. The molecule has 0 bridgehead atoms. The second kappa shape index (κ2) is 6.15. The SMILES string of the molecule is CCC1CCCC(N2C(=O)CC(C)C(C(=O)O)C2C)C1. The van der Waals surface area contributed by atoms with Crippen LogP contribution in [0.5, 0.6) is 0 Å². The fraction of sp³-hybridized carbons (Fsp3) is 0.875. The van der Waals surface area contributed by atoms with E-state index in [2.05, 4.69) is 6.92 Å². The lowest BCUT2D eigenvalue weighted by atomic mass is 9.77. The zero-order valence-corrected chi connectivity index (χ0v) is 12.8. The molecule has 1 amide bonds. The monoisotopic (exact) mass is 281 g/mol. The standard InChI is InChI=1S/C16H27NO3/c1-4-12-6-5-7-13(9-12)17-11(3)15(16(19)20)10(2)8-14(17)18/h10-13,15H,4-9H2,1-3H3,(H,19,20). The Balaban J connectivity index is 2.16. The molecule has 0 aromatic rings. The first-order valence-corrected chi connectivity index (χ1v) is 7.99. The molecule has 1 N–H and O–H groups in total. The fourth-order valence-electron chi connectivity index (χ4n) is 4.26. The van der Waals surface area contributed by atoms with E-state index in [9.17, 15) is 14.7 Å². The van der Waals surface area contributed by atoms with Crippen molar-refractivity contribution in [2.24, 2.45) is 17.8 Å². The Morgan fingerprint density at radius 1 is 1.35 bits per heavy atom. The Labute approximate surface area is 121 Å². The Bertz CT molecular complexity index is 382. The van der Waals surface area contributed by atoms with E-state index in [0.717, 1.165) is 25.7 Å². The van der Waals surface area contributed by atoms with Crippen LogP contribution in [0.2, 0.25) is 0 Å². The van der Waals surface area contributed by atoms with Gasteiger partial charge in [-0.05, 0) is 31.6 Å². The number of carbonyl (C=O) groups excluding carboxylic acids is 1. The Morgan fingerprint density at radius 2 is 2.05 bits per heavy atom. The Kier molecular flexibility index (Phi) is 4.71. The van der Waals surface area contributed by atoms with Crippen molar-refractivity contribution >= 4 is 11.9 Å². The number of nitrogens with zero attached hydrogens (tertiary/aromatic N) is 1. The van der Waals surface area contributed by atoms with Crippen LogP contribution in [-0.4, -0.2) is 34.0 Å². The van der Waals surface area contributed by atoms with Gasteiger partial charge < -0.3 is 10.0 Å². The zero-order valence-electron chi connectivity index (χ0n) is 12.8. The van der Waals surface area contributed by atoms with Crippen molar-refractivity contribution in [3.63, 3.8) is 0 Å². The first-order valence-electron chi connectivity index (χ1n) is 7.99. The van der Waals surface area contributed by atoms with E-state index in [1.807, 2.05) is 18.7 Å². The quantitative estimate of drug-likeness (QED) is 0.865. The summed E-state index contributed by atoms with van der Waals surface area (Å²) >= 11 is 0. The molecule has 5 atom stereocenters. The van der Waals surface area contributed by atoms with Crippen molar-refractivity contribution < 1.29 is 14.7 Å². The van der Waals surface area contributed by atoms with Gasteiger partial charge in [-0.1, -0.05) is 33.1 Å². The molecule has 0 aromatic heterocycles. The van der Waals surface area contributed by atoms with Gasteiger partial charge in [0.25, 0.3) is 0 Å². The summed E-state index contributed by atoms with van der Waals surface area (Å²) in [7, 11) is 0. The van der Waals surface area contributed by atoms with E-state index < -0.39 is 11.9 Å². The molecule has 2 aliphatic rings. The van der Waals surface area contributed by atoms with Crippen LogP contribution in [0.1, 0.15) is 59.3 Å². The summed E-state index contributed by atoms with van der Waals surface area (Å²) in [4.78, 5) is 25.8. The topological polar surface area (TPSA) is 57.6 Å². The van der Waals surface area contributed by atoms with Crippen LogP contribution in [0.25, 0.3) is 0 Å². The van der Waals surface area contributed by atoms with Crippen LogP contribution in [0, 0.1) is 17.8 Å². The number of hydrogen-bond acceptors (Lipinski definition) is 2. The summed E-state index contributed by atoms with van der Waals surface area (Å²) in [5.41, 5.74) is 0. The number of hydrogen-bond donors (Lipinski definition) is 1. The minimum absolute atomic E-state index is 0.0585. The minimum Gasteiger partial charge on any atom is -0.481 e. The van der Waals surface area contributed by atoms with E-state index in [0.29, 0.717) is 12.3 Å². The van der Waals surface area contributed by atoms with Gasteiger partial charge in [-0.2, -0.15) is 0 Å². The summed E-state index contributed by atoms with van der Waals surface area (Å²) < 4.78 is 0. The highest BCUT2D eigenvalue weighted by molar-refractivity contribution is 5.82. The smallest absolute Gasteiger partial charge is 0.308 e. The van der Waals surface area contributed by atoms with Crippen molar-refractivity contribution in [3.8, 4) is 0 Å². The molecule has 2 fully saturated rings. The highest BCUT2D eigenvalue weighted by Gasteiger charge is 2.44. The third-order valence-corrected chi connectivity index (χ3v) is 5.37. The lowest BCUT2D eigenvalue weighted by Crippen LogP contribution is -2.57. The van der Waals surface area contributed by atoms with Gasteiger partial charge in [0, 0.05) is 18.5 Å². The number of piperidine rings is 1. The molecule has 0 aromatic carbocycles. The molecule has 20 heavy (non-hydrogen) atoms. The highest BCUT2D eigenvalue weighted by atomic mass is 16.4. The molecule has 1 saturated heterocycles. The molecule has 1 aliphatic carbocycles. The molecule has 1 heterocycles. The zero-order chi connectivity index (χ0) is 14.9. The molecule has 4 nitrogen and oxygen atoms in total. The van der Waals surface area contributed by atoms with Gasteiger partial charge in [0.15, 0.2) is 0 Å². The number of likely N-dealkylation sites (tertiary alicyclic amines) is 1. The van der Waals surface area contributed by atoms with Crippen molar-refractivity contribution in [1.82, 2.24) is 4.90 Å². The van der Waals surface area contributed by atoms with Gasteiger partial charge in [-0.15, -0.1) is 0 Å². The number of amides is 1. The molecule has 5 unspecified atom stereocenters. The Morgan fingerprint density at radius 3 is 2.65 bits per heavy atom. The normalized spacial score (nSPS) is 38.9. The minimum atomic E-state index is -0.759. The average Bonchev–Trinajstić information content (AvgIpc) is 2.37. The van der Waals surface area contributed by atoms with E-state index in [4.69, 9.17) is 0 Å². The lowest BCUT2D eigenvalue weighted by molar-refractivity contribution is -0.157. The number of carboxylic acid groups (broad SMARTS) is 1. The average molecular weight is 281 g/mol. The van der Waals surface area contributed by atoms with Crippen molar-refractivity contribution in [3.05, 3.63) is 0 Å². The van der Waals surface area contributed by atoms with Crippen LogP contribution in [0.4, 0.5) is 0 Å². The Hall–Kier alpha value is -1.06.